The minimum Gasteiger partial charge on any atom is -0.289 e. The number of fused-ring (bicyclic) bond motifs is 1. The molecule has 0 N–H and O–H groups in total. The molecule has 2 aromatic carbocycles. The second kappa shape index (κ2) is 7.18. The topological polar surface area (TPSA) is 41.8 Å². The molecule has 0 heterocycles. The van der Waals surface area contributed by atoms with Gasteiger partial charge in [-0.15, -0.1) is 0 Å². The number of ketones is 1. The SMILES string of the molecule is CC(C)(C)C1=C/C(=C/N=Nc2cc(Cl)cc(Cl)c2)c2ccccc2C1=O. The molecule has 3 nitrogen and oxygen atoms in total. The molecule has 0 aliphatic heterocycles. The maximum Gasteiger partial charge on any atom is 0.190 e. The smallest absolute Gasteiger partial charge is 0.190 e. The summed E-state index contributed by atoms with van der Waals surface area (Å²) in [5.41, 5.74) is 3.45. The number of allylic oxidation sites excluding steroid dienone is 3. The summed E-state index contributed by atoms with van der Waals surface area (Å²) in [7, 11) is 0. The Bertz CT molecular complexity index is 946. The minimum absolute atomic E-state index is 0.0591. The Hall–Kier alpha value is -2.23. The van der Waals surface area contributed by atoms with Crippen LogP contribution in [-0.4, -0.2) is 5.78 Å². The number of hydrogen-bond acceptors (Lipinski definition) is 3. The van der Waals surface area contributed by atoms with Gasteiger partial charge in [0, 0.05) is 26.8 Å². The van der Waals surface area contributed by atoms with Gasteiger partial charge in [-0.3, -0.25) is 4.79 Å². The first-order chi connectivity index (χ1) is 12.3. The first-order valence-electron chi connectivity index (χ1n) is 8.19. The van der Waals surface area contributed by atoms with Gasteiger partial charge in [0.1, 0.15) is 0 Å². The van der Waals surface area contributed by atoms with Crippen molar-refractivity contribution in [3.8, 4) is 0 Å². The number of carbonyl (C=O) groups is 1. The van der Waals surface area contributed by atoms with E-state index in [4.69, 9.17) is 23.2 Å². The van der Waals surface area contributed by atoms with Gasteiger partial charge in [-0.2, -0.15) is 10.2 Å². The molecule has 3 rings (SSSR count). The van der Waals surface area contributed by atoms with E-state index in [-0.39, 0.29) is 11.2 Å². The van der Waals surface area contributed by atoms with Crippen LogP contribution in [0.2, 0.25) is 10.0 Å². The molecule has 132 valence electrons. The minimum atomic E-state index is -0.263. The molecule has 1 aliphatic rings. The Kier molecular flexibility index (Phi) is 5.12. The molecular formula is C21H18Cl2N2O. The van der Waals surface area contributed by atoms with E-state index in [1.165, 1.54) is 0 Å². The van der Waals surface area contributed by atoms with Crippen molar-refractivity contribution < 1.29 is 4.79 Å². The molecule has 0 fully saturated rings. The van der Waals surface area contributed by atoms with Crippen LogP contribution in [0.4, 0.5) is 5.69 Å². The highest BCUT2D eigenvalue weighted by molar-refractivity contribution is 6.35. The van der Waals surface area contributed by atoms with Gasteiger partial charge in [-0.05, 0) is 35.3 Å². The third-order valence-electron chi connectivity index (χ3n) is 4.05. The lowest BCUT2D eigenvalue weighted by Gasteiger charge is -2.27. The lowest BCUT2D eigenvalue weighted by Crippen LogP contribution is -2.22. The van der Waals surface area contributed by atoms with Crippen LogP contribution < -0.4 is 0 Å². The third-order valence-corrected chi connectivity index (χ3v) is 4.49. The Labute approximate surface area is 163 Å². The predicted octanol–water partition coefficient (Wildman–Crippen LogP) is 7.29. The van der Waals surface area contributed by atoms with Gasteiger partial charge in [0.25, 0.3) is 0 Å². The first-order valence-corrected chi connectivity index (χ1v) is 8.95. The van der Waals surface area contributed by atoms with Gasteiger partial charge >= 0.3 is 0 Å². The van der Waals surface area contributed by atoms with Crippen molar-refractivity contribution in [1.82, 2.24) is 0 Å². The summed E-state index contributed by atoms with van der Waals surface area (Å²) in [5, 5.41) is 9.35. The first kappa shape index (κ1) is 18.6. The lowest BCUT2D eigenvalue weighted by molar-refractivity contribution is 0.101. The van der Waals surface area contributed by atoms with Crippen molar-refractivity contribution in [2.45, 2.75) is 20.8 Å². The van der Waals surface area contributed by atoms with Gasteiger partial charge in [-0.25, -0.2) is 0 Å². The fraction of sp³-hybridized carbons (Fsp3) is 0.190. The van der Waals surface area contributed by atoms with E-state index < -0.39 is 0 Å². The van der Waals surface area contributed by atoms with Crippen molar-refractivity contribution in [3.63, 3.8) is 0 Å². The molecule has 0 atom stereocenters. The van der Waals surface area contributed by atoms with Crippen LogP contribution in [-0.2, 0) is 0 Å². The number of nitrogens with zero attached hydrogens (tertiary/aromatic N) is 2. The fourth-order valence-corrected chi connectivity index (χ4v) is 3.31. The number of azo groups is 1. The molecule has 5 heteroatoms. The predicted molar refractivity (Wildman–Crippen MR) is 107 cm³/mol. The van der Waals surface area contributed by atoms with Crippen LogP contribution in [0.15, 0.2) is 70.5 Å². The van der Waals surface area contributed by atoms with Crippen molar-refractivity contribution in [2.24, 2.45) is 15.6 Å². The zero-order valence-electron chi connectivity index (χ0n) is 14.8. The average molecular weight is 385 g/mol. The molecule has 26 heavy (non-hydrogen) atoms. The molecule has 0 amide bonds. The molecule has 1 aliphatic carbocycles. The van der Waals surface area contributed by atoms with E-state index in [1.807, 2.05) is 51.1 Å². The van der Waals surface area contributed by atoms with Gasteiger partial charge in [0.2, 0.25) is 0 Å². The lowest BCUT2D eigenvalue weighted by atomic mass is 9.76. The maximum atomic E-state index is 12.8. The highest BCUT2D eigenvalue weighted by atomic mass is 35.5. The van der Waals surface area contributed by atoms with Crippen molar-refractivity contribution in [1.29, 1.82) is 0 Å². The van der Waals surface area contributed by atoms with Gasteiger partial charge in [0.05, 0.1) is 11.9 Å². The zero-order valence-corrected chi connectivity index (χ0v) is 16.3. The Morgan fingerprint density at radius 2 is 1.58 bits per heavy atom. The molecule has 2 aromatic rings. The molecule has 0 radical (unpaired) electrons. The number of Topliss-reactive ketones (excluding diaryl/α,β-unsaturated/α-hetero) is 1. The fourth-order valence-electron chi connectivity index (χ4n) is 2.80. The molecule has 0 spiro atoms. The Morgan fingerprint density at radius 1 is 0.962 bits per heavy atom. The summed E-state index contributed by atoms with van der Waals surface area (Å²) in [4.78, 5) is 12.8. The summed E-state index contributed by atoms with van der Waals surface area (Å²) in [6.07, 6.45) is 3.56. The van der Waals surface area contributed by atoms with E-state index >= 15 is 0 Å². The average Bonchev–Trinajstić information content (AvgIpc) is 2.55. The van der Waals surface area contributed by atoms with E-state index in [0.717, 1.165) is 16.7 Å². The van der Waals surface area contributed by atoms with Crippen LogP contribution >= 0.6 is 23.2 Å². The number of benzene rings is 2. The summed E-state index contributed by atoms with van der Waals surface area (Å²) in [6.45, 7) is 6.08. The summed E-state index contributed by atoms with van der Waals surface area (Å²) in [5.74, 6) is 0.0591. The maximum absolute atomic E-state index is 12.8. The molecular weight excluding hydrogens is 367 g/mol. The monoisotopic (exact) mass is 384 g/mol. The largest absolute Gasteiger partial charge is 0.289 e. The highest BCUT2D eigenvalue weighted by Crippen LogP contribution is 2.37. The third kappa shape index (κ3) is 3.95. The molecule has 0 bridgehead atoms. The summed E-state index contributed by atoms with van der Waals surface area (Å²) >= 11 is 12.0. The van der Waals surface area contributed by atoms with Gasteiger partial charge in [0.15, 0.2) is 5.78 Å². The van der Waals surface area contributed by atoms with Gasteiger partial charge in [-0.1, -0.05) is 68.2 Å². The Morgan fingerprint density at radius 3 is 2.19 bits per heavy atom. The zero-order chi connectivity index (χ0) is 18.9. The van der Waals surface area contributed by atoms with Crippen LogP contribution in [0.25, 0.3) is 5.57 Å². The molecule has 0 aromatic heterocycles. The molecule has 0 saturated carbocycles. The summed E-state index contributed by atoms with van der Waals surface area (Å²) in [6, 6.07) is 12.6. The normalized spacial score (nSPS) is 16.1. The Balaban J connectivity index is 2.03. The van der Waals surface area contributed by atoms with E-state index in [0.29, 0.717) is 21.3 Å². The molecule has 0 saturated heterocycles. The summed E-state index contributed by atoms with van der Waals surface area (Å²) < 4.78 is 0. The number of halogens is 2. The number of carbonyl (C=O) groups excluding carboxylic acids is 1. The molecule has 0 unspecified atom stereocenters. The van der Waals surface area contributed by atoms with E-state index in [9.17, 15) is 4.79 Å². The van der Waals surface area contributed by atoms with Crippen LogP contribution in [0.3, 0.4) is 0 Å². The van der Waals surface area contributed by atoms with Crippen molar-refractivity contribution >= 4 is 40.2 Å². The second-order valence-corrected chi connectivity index (χ2v) is 7.98. The van der Waals surface area contributed by atoms with Crippen LogP contribution in [0.5, 0.6) is 0 Å². The van der Waals surface area contributed by atoms with E-state index in [1.54, 1.807) is 24.4 Å². The second-order valence-electron chi connectivity index (χ2n) is 7.11. The quantitative estimate of drug-likeness (QED) is 0.501. The number of rotatable bonds is 2. The van der Waals surface area contributed by atoms with E-state index in [2.05, 4.69) is 10.2 Å². The van der Waals surface area contributed by atoms with Crippen LogP contribution in [0.1, 0.15) is 36.7 Å². The van der Waals surface area contributed by atoms with Crippen molar-refractivity contribution in [3.05, 3.63) is 81.5 Å². The van der Waals surface area contributed by atoms with Crippen molar-refractivity contribution in [2.75, 3.05) is 0 Å². The highest BCUT2D eigenvalue weighted by Gasteiger charge is 2.30. The standard InChI is InChI=1S/C21H18Cl2N2O/c1-21(2,3)19-8-13(17-6-4-5-7-18(17)20(19)26)12-24-25-16-10-14(22)9-15(23)11-16/h4-12H,1-3H3/b13-12-,25-24?. The van der Waals surface area contributed by atoms with Gasteiger partial charge < -0.3 is 0 Å². The number of hydrogen-bond donors (Lipinski definition) is 0. The van der Waals surface area contributed by atoms with Crippen LogP contribution in [0, 0.1) is 5.41 Å².